The number of alkyl halides is 1. The van der Waals surface area contributed by atoms with Gasteiger partial charge in [0.05, 0.1) is 11.3 Å². The summed E-state index contributed by atoms with van der Waals surface area (Å²) in [5.74, 6) is -0.394. The number of halogens is 2. The summed E-state index contributed by atoms with van der Waals surface area (Å²) in [4.78, 5) is 14.9. The van der Waals surface area contributed by atoms with Crippen molar-refractivity contribution >= 4 is 11.6 Å². The number of carbonyl (C=O) groups is 1. The molecule has 33 heavy (non-hydrogen) atoms. The van der Waals surface area contributed by atoms with Gasteiger partial charge in [-0.1, -0.05) is 12.1 Å². The fraction of sp³-hybridized carbons (Fsp3) is 0.360. The molecule has 1 fully saturated rings. The zero-order valence-corrected chi connectivity index (χ0v) is 18.9. The maximum absolute atomic E-state index is 14.4. The lowest BCUT2D eigenvalue weighted by Gasteiger charge is -2.28. The fourth-order valence-electron chi connectivity index (χ4n) is 4.00. The lowest BCUT2D eigenvalue weighted by Crippen LogP contribution is -2.37. The number of hydrogen-bond acceptors (Lipinski definition) is 4. The molecule has 1 aliphatic rings. The largest absolute Gasteiger partial charge is 0.492 e. The number of rotatable bonds is 7. The van der Waals surface area contributed by atoms with E-state index >= 15 is 0 Å². The molecule has 174 valence electrons. The van der Waals surface area contributed by atoms with Gasteiger partial charge in [0.25, 0.3) is 5.91 Å². The molecule has 0 saturated carbocycles. The SMILES string of the molecule is Cc1cccc(C(=O)Nc2ccc(OCCN3CCC(F)CC3)c(-c3ccnn3C)c2)c1F. The van der Waals surface area contributed by atoms with Gasteiger partial charge < -0.3 is 10.1 Å². The van der Waals surface area contributed by atoms with Crippen molar-refractivity contribution < 1.29 is 18.3 Å². The molecule has 3 aromatic rings. The van der Waals surface area contributed by atoms with E-state index in [1.807, 2.05) is 13.1 Å². The molecular formula is C25H28F2N4O2. The number of piperidine rings is 1. The second kappa shape index (κ2) is 10.1. The van der Waals surface area contributed by atoms with Crippen molar-refractivity contribution in [1.29, 1.82) is 0 Å². The highest BCUT2D eigenvalue weighted by Crippen LogP contribution is 2.33. The average molecular weight is 455 g/mol. The second-order valence-corrected chi connectivity index (χ2v) is 8.31. The molecule has 1 saturated heterocycles. The third-order valence-electron chi connectivity index (χ3n) is 5.95. The molecule has 1 amide bonds. The second-order valence-electron chi connectivity index (χ2n) is 8.31. The summed E-state index contributed by atoms with van der Waals surface area (Å²) in [5.41, 5.74) is 2.52. The van der Waals surface area contributed by atoms with Crippen molar-refractivity contribution in [2.45, 2.75) is 25.9 Å². The number of carbonyl (C=O) groups excluding carboxylic acids is 1. The van der Waals surface area contributed by atoms with E-state index in [4.69, 9.17) is 4.74 Å². The van der Waals surface area contributed by atoms with E-state index in [1.54, 1.807) is 48.1 Å². The summed E-state index contributed by atoms with van der Waals surface area (Å²) in [7, 11) is 1.83. The van der Waals surface area contributed by atoms with Crippen LogP contribution >= 0.6 is 0 Å². The topological polar surface area (TPSA) is 59.4 Å². The highest BCUT2D eigenvalue weighted by Gasteiger charge is 2.19. The van der Waals surface area contributed by atoms with Crippen LogP contribution in [0, 0.1) is 12.7 Å². The Hall–Kier alpha value is -3.26. The Morgan fingerprint density at radius 3 is 2.73 bits per heavy atom. The Balaban J connectivity index is 1.51. The molecule has 2 heterocycles. The Morgan fingerprint density at radius 2 is 2.00 bits per heavy atom. The van der Waals surface area contributed by atoms with Crippen molar-refractivity contribution in [3.05, 3.63) is 65.6 Å². The first kappa shape index (κ1) is 22.9. The molecule has 0 radical (unpaired) electrons. The van der Waals surface area contributed by atoms with Crippen molar-refractivity contribution in [1.82, 2.24) is 14.7 Å². The molecule has 1 N–H and O–H groups in total. The Kier molecular flexibility index (Phi) is 7.03. The van der Waals surface area contributed by atoms with Crippen LogP contribution in [0.3, 0.4) is 0 Å². The van der Waals surface area contributed by atoms with Crippen LogP contribution in [0.5, 0.6) is 5.75 Å². The molecule has 6 nitrogen and oxygen atoms in total. The predicted octanol–water partition coefficient (Wildman–Crippen LogP) is 4.60. The molecule has 1 aliphatic heterocycles. The van der Waals surface area contributed by atoms with Gasteiger partial charge in [-0.25, -0.2) is 8.78 Å². The van der Waals surface area contributed by atoms with Crippen molar-refractivity contribution in [3.63, 3.8) is 0 Å². The minimum Gasteiger partial charge on any atom is -0.492 e. The van der Waals surface area contributed by atoms with Crippen molar-refractivity contribution in [3.8, 4) is 17.0 Å². The van der Waals surface area contributed by atoms with Gasteiger partial charge in [0.15, 0.2) is 0 Å². The van der Waals surface area contributed by atoms with Gasteiger partial charge in [-0.2, -0.15) is 5.10 Å². The summed E-state index contributed by atoms with van der Waals surface area (Å²) in [6.07, 6.45) is 2.12. The van der Waals surface area contributed by atoms with Gasteiger partial charge in [-0.05, 0) is 55.7 Å². The van der Waals surface area contributed by atoms with Crippen LogP contribution in [-0.2, 0) is 7.05 Å². The van der Waals surface area contributed by atoms with Crippen LogP contribution in [0.2, 0.25) is 0 Å². The minimum absolute atomic E-state index is 0.00513. The minimum atomic E-state index is -0.699. The summed E-state index contributed by atoms with van der Waals surface area (Å²) in [6, 6.07) is 11.9. The summed E-state index contributed by atoms with van der Waals surface area (Å²) in [6.45, 7) is 4.27. The maximum Gasteiger partial charge on any atom is 0.258 e. The number of likely N-dealkylation sites (tertiary alicyclic amines) is 1. The zero-order chi connectivity index (χ0) is 23.4. The van der Waals surface area contributed by atoms with Crippen molar-refractivity contribution in [2.75, 3.05) is 31.6 Å². The smallest absolute Gasteiger partial charge is 0.258 e. The number of aromatic nitrogens is 2. The summed E-state index contributed by atoms with van der Waals surface area (Å²) in [5, 5.41) is 7.01. The van der Waals surface area contributed by atoms with Gasteiger partial charge >= 0.3 is 0 Å². The van der Waals surface area contributed by atoms with E-state index in [2.05, 4.69) is 15.3 Å². The Morgan fingerprint density at radius 1 is 1.21 bits per heavy atom. The van der Waals surface area contributed by atoms with Gasteiger partial charge in [-0.15, -0.1) is 0 Å². The fourth-order valence-corrected chi connectivity index (χ4v) is 4.00. The predicted molar refractivity (Wildman–Crippen MR) is 124 cm³/mol. The van der Waals surface area contributed by atoms with Gasteiger partial charge in [-0.3, -0.25) is 14.4 Å². The maximum atomic E-state index is 14.4. The molecule has 2 aromatic carbocycles. The van der Waals surface area contributed by atoms with Crippen LogP contribution in [-0.4, -0.2) is 53.0 Å². The van der Waals surface area contributed by atoms with Crippen LogP contribution in [0.1, 0.15) is 28.8 Å². The highest BCUT2D eigenvalue weighted by atomic mass is 19.1. The third kappa shape index (κ3) is 5.39. The van der Waals surface area contributed by atoms with Crippen LogP contribution in [0.4, 0.5) is 14.5 Å². The number of anilines is 1. The van der Waals surface area contributed by atoms with E-state index in [0.29, 0.717) is 43.0 Å². The molecule has 4 rings (SSSR count). The quantitative estimate of drug-likeness (QED) is 0.567. The number of nitrogens with one attached hydrogen (secondary N) is 1. The van der Waals surface area contributed by atoms with E-state index in [9.17, 15) is 13.6 Å². The lowest BCUT2D eigenvalue weighted by molar-refractivity contribution is 0.102. The monoisotopic (exact) mass is 454 g/mol. The highest BCUT2D eigenvalue weighted by molar-refractivity contribution is 6.05. The van der Waals surface area contributed by atoms with Gasteiger partial charge in [0.2, 0.25) is 0 Å². The number of nitrogens with zero attached hydrogens (tertiary/aromatic N) is 3. The zero-order valence-electron chi connectivity index (χ0n) is 18.9. The molecule has 8 heteroatoms. The summed E-state index contributed by atoms with van der Waals surface area (Å²) < 4.78 is 35.5. The summed E-state index contributed by atoms with van der Waals surface area (Å²) >= 11 is 0. The number of hydrogen-bond donors (Lipinski definition) is 1. The molecule has 0 spiro atoms. The Bertz CT molecular complexity index is 1120. The van der Waals surface area contributed by atoms with Crippen LogP contribution < -0.4 is 10.1 Å². The van der Waals surface area contributed by atoms with Crippen LogP contribution in [0.25, 0.3) is 11.3 Å². The number of amides is 1. The van der Waals surface area contributed by atoms with Gasteiger partial charge in [0.1, 0.15) is 24.3 Å². The first-order chi connectivity index (χ1) is 15.9. The van der Waals surface area contributed by atoms with Crippen LogP contribution in [0.15, 0.2) is 48.7 Å². The first-order valence-corrected chi connectivity index (χ1v) is 11.1. The van der Waals surface area contributed by atoms with Crippen molar-refractivity contribution in [2.24, 2.45) is 7.05 Å². The molecule has 1 aromatic heterocycles. The third-order valence-corrected chi connectivity index (χ3v) is 5.95. The molecule has 0 aliphatic carbocycles. The van der Waals surface area contributed by atoms with E-state index in [-0.39, 0.29) is 5.56 Å². The van der Waals surface area contributed by atoms with E-state index in [1.165, 1.54) is 6.07 Å². The first-order valence-electron chi connectivity index (χ1n) is 11.1. The standard InChI is InChI=1S/C25H28F2N4O2/c1-17-4-3-5-20(24(17)27)25(32)29-19-6-7-23(21(16-19)22-8-11-28-30(22)2)33-15-14-31-12-9-18(26)10-13-31/h3-8,11,16,18H,9-10,12-15H2,1-2H3,(H,29,32). The van der Waals surface area contributed by atoms with E-state index in [0.717, 1.165) is 24.3 Å². The number of benzene rings is 2. The van der Waals surface area contributed by atoms with Gasteiger partial charge in [0, 0.05) is 44.1 Å². The number of ether oxygens (including phenoxy) is 1. The van der Waals surface area contributed by atoms with E-state index < -0.39 is 17.9 Å². The Labute approximate surface area is 192 Å². The average Bonchev–Trinajstić information content (AvgIpc) is 3.23. The normalized spacial score (nSPS) is 14.9. The molecular weight excluding hydrogens is 426 g/mol. The molecule has 0 bridgehead atoms. The lowest BCUT2D eigenvalue weighted by atomic mass is 10.1. The molecule has 0 unspecified atom stereocenters. The number of aryl methyl sites for hydroxylation is 2. The molecule has 0 atom stereocenters.